The lowest BCUT2D eigenvalue weighted by Crippen LogP contribution is -2.61. The number of hydrogen-bond acceptors (Lipinski definition) is 8. The van der Waals surface area contributed by atoms with E-state index >= 15 is 0 Å². The maximum Gasteiger partial charge on any atom is 0.335 e. The van der Waals surface area contributed by atoms with Crippen molar-refractivity contribution in [3.8, 4) is 5.75 Å². The largest absolute Gasteiger partial charge is 0.508 e. The van der Waals surface area contributed by atoms with Gasteiger partial charge in [-0.3, -0.25) is 0 Å². The zero-order valence-electron chi connectivity index (χ0n) is 21.2. The van der Waals surface area contributed by atoms with Crippen LogP contribution in [0.5, 0.6) is 5.75 Å². The van der Waals surface area contributed by atoms with Gasteiger partial charge in [0.15, 0.2) is 12.4 Å². The van der Waals surface area contributed by atoms with E-state index in [9.17, 15) is 35.4 Å². The van der Waals surface area contributed by atoms with Gasteiger partial charge in [0, 0.05) is 0 Å². The summed E-state index contributed by atoms with van der Waals surface area (Å²) in [6, 6.07) is 1.49. The van der Waals surface area contributed by atoms with E-state index in [1.807, 2.05) is 6.92 Å². The van der Waals surface area contributed by atoms with E-state index < -0.39 is 54.3 Å². The Morgan fingerprint density at radius 3 is 2.73 bits per heavy atom. The van der Waals surface area contributed by atoms with Crippen molar-refractivity contribution in [3.63, 3.8) is 0 Å². The van der Waals surface area contributed by atoms with Gasteiger partial charge in [-0.05, 0) is 78.5 Å². The summed E-state index contributed by atoms with van der Waals surface area (Å²) in [5.41, 5.74) is 0.683. The number of carboxylic acids is 1. The summed E-state index contributed by atoms with van der Waals surface area (Å²) in [5, 5.41) is 61.2. The van der Waals surface area contributed by atoms with Crippen molar-refractivity contribution in [3.05, 3.63) is 29.3 Å². The Labute approximate surface area is 195 Å². The van der Waals surface area contributed by atoms with Crippen molar-refractivity contribution < 1.29 is 49.0 Å². The molecule has 5 rings (SSSR count). The summed E-state index contributed by atoms with van der Waals surface area (Å²) >= 11 is 0. The highest BCUT2D eigenvalue weighted by molar-refractivity contribution is 5.73. The lowest BCUT2D eigenvalue weighted by Gasteiger charge is -2.49. The van der Waals surface area contributed by atoms with Crippen LogP contribution in [0.25, 0.3) is 0 Å². The third-order valence-electron chi connectivity index (χ3n) is 8.41. The van der Waals surface area contributed by atoms with Gasteiger partial charge in [0.05, 0.1) is 16.3 Å². The van der Waals surface area contributed by atoms with Crippen LogP contribution >= 0.6 is 0 Å². The third-order valence-corrected chi connectivity index (χ3v) is 8.41. The highest BCUT2D eigenvalue weighted by Crippen LogP contribution is 2.61. The van der Waals surface area contributed by atoms with Crippen LogP contribution in [0.15, 0.2) is 18.2 Å². The molecule has 1 saturated heterocycles. The number of aliphatic carboxylic acids is 1. The fourth-order valence-corrected chi connectivity index (χ4v) is 6.64. The molecular formula is C24H32O9. The number of aliphatic hydroxyl groups excluding tert-OH is 3. The van der Waals surface area contributed by atoms with Gasteiger partial charge in [0.2, 0.25) is 0 Å². The molecule has 0 amide bonds. The molecule has 1 unspecified atom stereocenters. The Morgan fingerprint density at radius 2 is 2.00 bits per heavy atom. The summed E-state index contributed by atoms with van der Waals surface area (Å²) in [7, 11) is 0. The van der Waals surface area contributed by atoms with Crippen molar-refractivity contribution >= 4 is 5.97 Å². The predicted molar refractivity (Wildman–Crippen MR) is 113 cm³/mol. The molecule has 3 fully saturated rings. The van der Waals surface area contributed by atoms with Crippen LogP contribution in [0.1, 0.15) is 53.8 Å². The van der Waals surface area contributed by atoms with Crippen LogP contribution in [0.3, 0.4) is 0 Å². The Bertz CT molecular complexity index is 1070. The normalized spacial score (nSPS) is 50.3. The number of ether oxygens (including phenoxy) is 2. The number of hydrogen-bond donors (Lipinski definition) is 6. The summed E-state index contributed by atoms with van der Waals surface area (Å²) in [4.78, 5) is 11.4. The lowest BCUT2D eigenvalue weighted by molar-refractivity contribution is -0.309. The van der Waals surface area contributed by atoms with E-state index in [1.54, 1.807) is 6.07 Å². The first-order valence-electron chi connectivity index (χ1n) is 12.9. The van der Waals surface area contributed by atoms with Crippen LogP contribution in [0.4, 0.5) is 0 Å². The molecule has 0 spiro atoms. The standard InChI is InChI=1S/C24H32O9/c1-24-7-6-13-12-5-3-11(25)8-10(12)2-4-14(13)15(24)9-16(21(24)29)32-23-19(28)17(26)18(27)20(33-23)22(30)31/h3,5,8,13-21,23,25-29H,2,4,6-7,9H2,1H3,(H,30,31)/t13-,14-,15+,16-,17+,18+,19-,20+,21+,23?,24+/m1/s1/i3D,8D,21D. The van der Waals surface area contributed by atoms with E-state index in [0.717, 1.165) is 11.1 Å². The van der Waals surface area contributed by atoms with Gasteiger partial charge in [-0.15, -0.1) is 0 Å². The number of fused-ring (bicyclic) bond motifs is 5. The van der Waals surface area contributed by atoms with Crippen LogP contribution in [-0.2, 0) is 20.7 Å². The van der Waals surface area contributed by atoms with Crippen LogP contribution in [-0.4, -0.2) is 79.5 Å². The van der Waals surface area contributed by atoms with Gasteiger partial charge < -0.3 is 40.1 Å². The van der Waals surface area contributed by atoms with E-state index in [4.69, 9.17) is 13.6 Å². The Kier molecular flexibility index (Phi) is 4.84. The minimum Gasteiger partial charge on any atom is -0.508 e. The minimum absolute atomic E-state index is 0.0138. The Hall–Kier alpha value is -1.75. The SMILES string of the molecule is [2H]c1cc2c(c([2H])c1O)CC[C@@H]1[C@@H]2CC[C@@]2(C)[C@H]1C[C@@H](OC1O[C@H](C(=O)O)[C@@H](O)[C@H](O)[C@H]1O)[C@]2([2H])O. The van der Waals surface area contributed by atoms with E-state index in [-0.39, 0.29) is 42.0 Å². The molecule has 1 heterocycles. The fourth-order valence-electron chi connectivity index (χ4n) is 6.64. The number of carbonyl (C=O) groups is 1. The van der Waals surface area contributed by atoms with Crippen molar-refractivity contribution in [1.29, 1.82) is 0 Å². The molecule has 182 valence electrons. The molecule has 3 aliphatic carbocycles. The first-order valence-corrected chi connectivity index (χ1v) is 11.4. The smallest absolute Gasteiger partial charge is 0.335 e. The number of aromatic hydroxyl groups is 1. The third kappa shape index (κ3) is 3.57. The summed E-state index contributed by atoms with van der Waals surface area (Å²) < 4.78 is 36.2. The Morgan fingerprint density at radius 1 is 1.24 bits per heavy atom. The van der Waals surface area contributed by atoms with Gasteiger partial charge >= 0.3 is 5.97 Å². The van der Waals surface area contributed by atoms with Gasteiger partial charge in [-0.1, -0.05) is 13.0 Å². The first kappa shape index (κ1) is 19.5. The highest BCUT2D eigenvalue weighted by Gasteiger charge is 2.59. The first-order chi connectivity index (χ1) is 16.8. The maximum atomic E-state index is 11.4. The van der Waals surface area contributed by atoms with Crippen LogP contribution in [0, 0.1) is 17.3 Å². The zero-order chi connectivity index (χ0) is 26.3. The van der Waals surface area contributed by atoms with Crippen molar-refractivity contribution in [2.75, 3.05) is 0 Å². The van der Waals surface area contributed by atoms with Crippen molar-refractivity contribution in [2.24, 2.45) is 17.3 Å². The Balaban J connectivity index is 1.42. The molecule has 1 aliphatic heterocycles. The van der Waals surface area contributed by atoms with Crippen LogP contribution < -0.4 is 0 Å². The summed E-state index contributed by atoms with van der Waals surface area (Å²) in [6.07, 6.45) is -9.83. The van der Waals surface area contributed by atoms with Gasteiger partial charge in [-0.2, -0.15) is 0 Å². The average molecular weight is 468 g/mol. The molecule has 1 aromatic rings. The second kappa shape index (κ2) is 8.18. The quantitative estimate of drug-likeness (QED) is 0.372. The molecule has 11 atom stereocenters. The second-order valence-electron chi connectivity index (χ2n) is 10.0. The van der Waals surface area contributed by atoms with E-state index in [0.29, 0.717) is 25.7 Å². The number of carboxylic acid groups (broad SMARTS) is 1. The fraction of sp³-hybridized carbons (Fsp3) is 0.708. The molecule has 6 N–H and O–H groups in total. The van der Waals surface area contributed by atoms with Crippen LogP contribution in [0.2, 0.25) is 0 Å². The molecule has 4 aliphatic rings. The minimum atomic E-state index is -2.11. The molecule has 0 aromatic heterocycles. The van der Waals surface area contributed by atoms with Crippen molar-refractivity contribution in [1.82, 2.24) is 0 Å². The van der Waals surface area contributed by atoms with E-state index in [1.165, 1.54) is 0 Å². The molecule has 1 aromatic carbocycles. The topological polar surface area (TPSA) is 157 Å². The predicted octanol–water partition coefficient (Wildman–Crippen LogP) is 0.496. The van der Waals surface area contributed by atoms with Gasteiger partial charge in [0.25, 0.3) is 0 Å². The molecule has 2 saturated carbocycles. The average Bonchev–Trinajstić information content (AvgIpc) is 3.02. The molecule has 33 heavy (non-hydrogen) atoms. The maximum absolute atomic E-state index is 11.4. The molecule has 0 radical (unpaired) electrons. The highest BCUT2D eigenvalue weighted by atomic mass is 16.7. The lowest BCUT2D eigenvalue weighted by atomic mass is 9.55. The van der Waals surface area contributed by atoms with Gasteiger partial charge in [0.1, 0.15) is 24.1 Å². The number of phenols is 1. The van der Waals surface area contributed by atoms with Crippen molar-refractivity contribution in [2.45, 2.75) is 87.8 Å². The van der Waals surface area contributed by atoms with E-state index in [2.05, 4.69) is 0 Å². The zero-order valence-corrected chi connectivity index (χ0v) is 18.2. The second-order valence-corrected chi connectivity index (χ2v) is 10.0. The number of rotatable bonds is 3. The molecular weight excluding hydrogens is 432 g/mol. The monoisotopic (exact) mass is 467 g/mol. The summed E-state index contributed by atoms with van der Waals surface area (Å²) in [6.45, 7) is 1.82. The van der Waals surface area contributed by atoms with Gasteiger partial charge in [-0.25, -0.2) is 4.79 Å². The number of aliphatic hydroxyl groups is 4. The summed E-state index contributed by atoms with van der Waals surface area (Å²) in [5.74, 6) is -2.07. The number of benzene rings is 1. The molecule has 0 bridgehead atoms. The molecule has 9 heteroatoms. The molecule has 9 nitrogen and oxygen atoms in total. The number of phenolic OH excluding ortho intramolecular Hbond substituents is 1.